The molecule has 2 atom stereocenters. The molecule has 0 aromatic heterocycles. The molecule has 5 nitrogen and oxygen atoms in total. The van der Waals surface area contributed by atoms with Crippen LogP contribution in [-0.2, 0) is 17.9 Å². The van der Waals surface area contributed by atoms with Crippen molar-refractivity contribution in [3.05, 3.63) is 35.4 Å². The number of hydrogen-bond acceptors (Lipinski definition) is 3. The van der Waals surface area contributed by atoms with Crippen LogP contribution in [-0.4, -0.2) is 43.7 Å². The molecular weight excluding hydrogens is 302 g/mol. The Balaban J connectivity index is 1.71. The Morgan fingerprint density at radius 1 is 1.42 bits per heavy atom. The molecule has 0 unspecified atom stereocenters. The summed E-state index contributed by atoms with van der Waals surface area (Å²) in [6.45, 7) is 8.68. The summed E-state index contributed by atoms with van der Waals surface area (Å²) in [5.74, 6) is 0.763. The maximum absolute atomic E-state index is 12.1. The topological polar surface area (TPSA) is 53.6 Å². The first kappa shape index (κ1) is 18.7. The molecule has 1 saturated heterocycles. The number of benzene rings is 1. The fourth-order valence-corrected chi connectivity index (χ4v) is 3.34. The van der Waals surface area contributed by atoms with Gasteiger partial charge in [0.15, 0.2) is 0 Å². The first-order chi connectivity index (χ1) is 11.6. The lowest BCUT2D eigenvalue weighted by Gasteiger charge is -2.32. The summed E-state index contributed by atoms with van der Waals surface area (Å²) < 4.78 is 5.14. The summed E-state index contributed by atoms with van der Waals surface area (Å²) in [6, 6.07) is 8.12. The van der Waals surface area contributed by atoms with E-state index < -0.39 is 0 Å². The largest absolute Gasteiger partial charge is 0.380 e. The van der Waals surface area contributed by atoms with Gasteiger partial charge in [-0.25, -0.2) is 4.79 Å². The van der Waals surface area contributed by atoms with Crippen molar-refractivity contribution in [1.82, 2.24) is 15.5 Å². The Labute approximate surface area is 145 Å². The standard InChI is InChI=1S/C19H31N3O2/c1-15-6-5-9-22(12-15)13-16(2)21-19(23)20-11-17-7-4-8-18(10-17)14-24-3/h4,7-8,10,15-16H,5-6,9,11-14H2,1-3H3,(H2,20,21,23)/t15-,16+/m0/s1. The molecule has 1 heterocycles. The number of carbonyl (C=O) groups is 1. The van der Waals surface area contributed by atoms with Gasteiger partial charge in [0.1, 0.15) is 0 Å². The average molecular weight is 333 g/mol. The SMILES string of the molecule is COCc1cccc(CNC(=O)N[C@H](C)CN2CCC[C@H](C)C2)c1. The minimum Gasteiger partial charge on any atom is -0.380 e. The van der Waals surface area contributed by atoms with Gasteiger partial charge in [0.25, 0.3) is 0 Å². The highest BCUT2D eigenvalue weighted by Gasteiger charge is 2.18. The molecule has 1 fully saturated rings. The molecule has 0 bridgehead atoms. The maximum atomic E-state index is 12.1. The third-order valence-corrected chi connectivity index (χ3v) is 4.41. The van der Waals surface area contributed by atoms with Crippen molar-refractivity contribution in [3.8, 4) is 0 Å². The minimum absolute atomic E-state index is 0.107. The van der Waals surface area contributed by atoms with Crippen LogP contribution in [0.1, 0.15) is 37.8 Å². The van der Waals surface area contributed by atoms with Crippen molar-refractivity contribution in [2.75, 3.05) is 26.7 Å². The molecule has 0 radical (unpaired) electrons. The van der Waals surface area contributed by atoms with E-state index in [1.165, 1.54) is 12.8 Å². The van der Waals surface area contributed by atoms with Crippen LogP contribution in [0.25, 0.3) is 0 Å². The number of urea groups is 1. The fourth-order valence-electron chi connectivity index (χ4n) is 3.34. The Hall–Kier alpha value is -1.59. The molecule has 0 spiro atoms. The molecular formula is C19H31N3O2. The molecule has 24 heavy (non-hydrogen) atoms. The van der Waals surface area contributed by atoms with Gasteiger partial charge in [-0.3, -0.25) is 0 Å². The summed E-state index contributed by atoms with van der Waals surface area (Å²) in [5, 5.41) is 5.97. The Morgan fingerprint density at radius 3 is 2.96 bits per heavy atom. The van der Waals surface area contributed by atoms with Gasteiger partial charge >= 0.3 is 6.03 Å². The predicted octanol–water partition coefficient (Wildman–Crippen LogP) is 2.75. The number of amides is 2. The number of nitrogens with zero attached hydrogens (tertiary/aromatic N) is 1. The number of ether oxygens (including phenoxy) is 1. The van der Waals surface area contributed by atoms with Crippen molar-refractivity contribution >= 4 is 6.03 Å². The van der Waals surface area contributed by atoms with E-state index in [2.05, 4.69) is 35.4 Å². The smallest absolute Gasteiger partial charge is 0.315 e. The van der Waals surface area contributed by atoms with E-state index in [1.54, 1.807) is 7.11 Å². The number of rotatable bonds is 7. The Kier molecular flexibility index (Phi) is 7.53. The summed E-state index contributed by atoms with van der Waals surface area (Å²) in [4.78, 5) is 14.5. The van der Waals surface area contributed by atoms with E-state index >= 15 is 0 Å². The van der Waals surface area contributed by atoms with E-state index in [9.17, 15) is 4.79 Å². The number of piperidine rings is 1. The molecule has 1 aliphatic heterocycles. The lowest BCUT2D eigenvalue weighted by molar-refractivity contribution is 0.169. The summed E-state index contributed by atoms with van der Waals surface area (Å²) in [6.07, 6.45) is 2.58. The van der Waals surface area contributed by atoms with Crippen LogP contribution in [0.15, 0.2) is 24.3 Å². The zero-order valence-electron chi connectivity index (χ0n) is 15.2. The number of methoxy groups -OCH3 is 1. The second kappa shape index (κ2) is 9.64. The van der Waals surface area contributed by atoms with Crippen LogP contribution in [0, 0.1) is 5.92 Å². The van der Waals surface area contributed by atoms with Crippen LogP contribution in [0.2, 0.25) is 0 Å². The first-order valence-electron chi connectivity index (χ1n) is 8.90. The second-order valence-electron chi connectivity index (χ2n) is 6.99. The lowest BCUT2D eigenvalue weighted by Crippen LogP contribution is -2.47. The minimum atomic E-state index is -0.107. The van der Waals surface area contributed by atoms with E-state index in [0.717, 1.165) is 36.7 Å². The zero-order chi connectivity index (χ0) is 17.4. The van der Waals surface area contributed by atoms with Gasteiger partial charge in [-0.2, -0.15) is 0 Å². The molecule has 0 aliphatic carbocycles. The van der Waals surface area contributed by atoms with Crippen LogP contribution >= 0.6 is 0 Å². The van der Waals surface area contributed by atoms with Crippen molar-refractivity contribution in [3.63, 3.8) is 0 Å². The predicted molar refractivity (Wildman–Crippen MR) is 96.8 cm³/mol. The van der Waals surface area contributed by atoms with Crippen LogP contribution in [0.4, 0.5) is 4.79 Å². The van der Waals surface area contributed by atoms with E-state index in [0.29, 0.717) is 13.2 Å². The van der Waals surface area contributed by atoms with Crippen LogP contribution < -0.4 is 10.6 Å². The molecule has 134 valence electrons. The summed E-state index contributed by atoms with van der Waals surface area (Å²) in [5.41, 5.74) is 2.20. The number of carbonyl (C=O) groups excluding carboxylic acids is 1. The van der Waals surface area contributed by atoms with Gasteiger partial charge in [-0.1, -0.05) is 31.2 Å². The lowest BCUT2D eigenvalue weighted by atomic mass is 10.00. The van der Waals surface area contributed by atoms with E-state index in [-0.39, 0.29) is 12.1 Å². The summed E-state index contributed by atoms with van der Waals surface area (Å²) >= 11 is 0. The highest BCUT2D eigenvalue weighted by Crippen LogP contribution is 2.15. The van der Waals surface area contributed by atoms with Crippen molar-refractivity contribution < 1.29 is 9.53 Å². The zero-order valence-corrected chi connectivity index (χ0v) is 15.2. The monoisotopic (exact) mass is 333 g/mol. The molecule has 0 saturated carbocycles. The molecule has 2 rings (SSSR count). The van der Waals surface area contributed by atoms with Gasteiger partial charge < -0.3 is 20.3 Å². The van der Waals surface area contributed by atoms with Crippen molar-refractivity contribution in [1.29, 1.82) is 0 Å². The molecule has 1 aromatic rings. The van der Waals surface area contributed by atoms with Crippen LogP contribution in [0.3, 0.4) is 0 Å². The molecule has 2 N–H and O–H groups in total. The van der Waals surface area contributed by atoms with Gasteiger partial charge in [-0.15, -0.1) is 0 Å². The first-order valence-corrected chi connectivity index (χ1v) is 8.90. The number of nitrogens with one attached hydrogen (secondary N) is 2. The van der Waals surface area contributed by atoms with Gasteiger partial charge in [0, 0.05) is 32.8 Å². The maximum Gasteiger partial charge on any atom is 0.315 e. The third kappa shape index (κ3) is 6.49. The second-order valence-corrected chi connectivity index (χ2v) is 6.99. The highest BCUT2D eigenvalue weighted by molar-refractivity contribution is 5.74. The third-order valence-electron chi connectivity index (χ3n) is 4.41. The fraction of sp³-hybridized carbons (Fsp3) is 0.632. The van der Waals surface area contributed by atoms with Gasteiger partial charge in [0.2, 0.25) is 0 Å². The van der Waals surface area contributed by atoms with Crippen LogP contribution in [0.5, 0.6) is 0 Å². The Bertz CT molecular complexity index is 521. The molecule has 1 aliphatic rings. The normalized spacial score (nSPS) is 19.7. The summed E-state index contributed by atoms with van der Waals surface area (Å²) in [7, 11) is 1.68. The van der Waals surface area contributed by atoms with E-state index in [4.69, 9.17) is 4.74 Å². The number of hydrogen-bond donors (Lipinski definition) is 2. The van der Waals surface area contributed by atoms with Gasteiger partial charge in [-0.05, 0) is 43.4 Å². The number of likely N-dealkylation sites (tertiary alicyclic amines) is 1. The van der Waals surface area contributed by atoms with Crippen molar-refractivity contribution in [2.24, 2.45) is 5.92 Å². The van der Waals surface area contributed by atoms with E-state index in [1.807, 2.05) is 18.2 Å². The molecule has 5 heteroatoms. The highest BCUT2D eigenvalue weighted by atomic mass is 16.5. The van der Waals surface area contributed by atoms with Crippen molar-refractivity contribution in [2.45, 2.75) is 45.9 Å². The average Bonchev–Trinajstić information content (AvgIpc) is 2.53. The molecule has 1 aromatic carbocycles. The quantitative estimate of drug-likeness (QED) is 0.807. The molecule has 2 amide bonds. The van der Waals surface area contributed by atoms with Gasteiger partial charge in [0.05, 0.1) is 6.61 Å². The Morgan fingerprint density at radius 2 is 2.21 bits per heavy atom.